The summed E-state index contributed by atoms with van der Waals surface area (Å²) in [5.74, 6) is 0. The monoisotopic (exact) mass is 288 g/mol. The molecule has 1 aromatic carbocycles. The van der Waals surface area contributed by atoms with Gasteiger partial charge in [0.25, 0.3) is 6.67 Å². The highest BCUT2D eigenvalue weighted by molar-refractivity contribution is 5.80. The van der Waals surface area contributed by atoms with Gasteiger partial charge in [0.1, 0.15) is 6.29 Å². The molecule has 106 valence electrons. The van der Waals surface area contributed by atoms with Gasteiger partial charge in [-0.2, -0.15) is 0 Å². The number of fused-ring (bicyclic) bond motifs is 2. The fourth-order valence-corrected chi connectivity index (χ4v) is 3.17. The molecule has 0 N–H and O–H groups in total. The smallest absolute Gasteiger partial charge is 0.298 e. The quantitative estimate of drug-likeness (QED) is 0.314. The molecule has 0 radical (unpaired) electrons. The molecule has 2 aromatic heterocycles. The third-order valence-corrected chi connectivity index (χ3v) is 4.44. The molecule has 0 aliphatic carbocycles. The summed E-state index contributed by atoms with van der Waals surface area (Å²) in [7, 11) is 0. The number of benzene rings is 1. The van der Waals surface area contributed by atoms with E-state index < -0.39 is 0 Å². The van der Waals surface area contributed by atoms with Crippen molar-refractivity contribution in [3.05, 3.63) is 82.1 Å². The van der Waals surface area contributed by atoms with Gasteiger partial charge >= 0.3 is 11.0 Å². The first-order valence-electron chi connectivity index (χ1n) is 7.36. The fraction of sp³-hybridized carbons (Fsp3) is 0.158. The topological polar surface area (TPSA) is 25.9 Å². The van der Waals surface area contributed by atoms with E-state index >= 15 is 0 Å². The summed E-state index contributed by atoms with van der Waals surface area (Å²) in [6.07, 6.45) is 0.878. The second kappa shape index (κ2) is 4.62. The van der Waals surface area contributed by atoms with Crippen molar-refractivity contribution in [3.8, 4) is 0 Å². The standard InChI is InChI=1S/C19H16N2O/c1-13-3-9-17-19(16-7-5-15(11-22)6-8-16)18-10-4-14(2)21(18)12-20(13)17/h3,5-11H,12H2,1-2H3/q+2. The lowest BCUT2D eigenvalue weighted by atomic mass is 10.0. The molecule has 0 fully saturated rings. The molecule has 0 atom stereocenters. The zero-order chi connectivity index (χ0) is 15.3. The largest absolute Gasteiger partial charge is 0.357 e. The first kappa shape index (κ1) is 12.9. The lowest BCUT2D eigenvalue weighted by Crippen LogP contribution is -2.55. The van der Waals surface area contributed by atoms with Crippen molar-refractivity contribution in [2.24, 2.45) is 0 Å². The number of carbonyl (C=O) groups excluding carboxylic acids is 1. The van der Waals surface area contributed by atoms with Crippen LogP contribution in [0.15, 0.2) is 42.5 Å². The highest BCUT2D eigenvalue weighted by atomic mass is 16.1. The van der Waals surface area contributed by atoms with E-state index in [1.54, 1.807) is 0 Å². The second-order valence-electron chi connectivity index (χ2n) is 5.73. The molecule has 3 heteroatoms. The van der Waals surface area contributed by atoms with Gasteiger partial charge in [-0.05, 0) is 19.1 Å². The molecule has 0 unspecified atom stereocenters. The Morgan fingerprint density at radius 2 is 1.91 bits per heavy atom. The van der Waals surface area contributed by atoms with E-state index in [0.29, 0.717) is 5.56 Å². The molecule has 1 aliphatic heterocycles. The number of rotatable bonds is 2. The van der Waals surface area contributed by atoms with Crippen molar-refractivity contribution in [1.82, 2.24) is 4.57 Å². The third kappa shape index (κ3) is 1.73. The van der Waals surface area contributed by atoms with Gasteiger partial charge in [-0.15, -0.1) is 0 Å². The average molecular weight is 288 g/mol. The van der Waals surface area contributed by atoms with Gasteiger partial charge in [-0.3, -0.25) is 9.36 Å². The van der Waals surface area contributed by atoms with Gasteiger partial charge in [-0.1, -0.05) is 28.8 Å². The Kier molecular flexibility index (Phi) is 2.72. The summed E-state index contributed by atoms with van der Waals surface area (Å²) in [6, 6.07) is 17.5. The summed E-state index contributed by atoms with van der Waals surface area (Å²) < 4.78 is 4.60. The highest BCUT2D eigenvalue weighted by Gasteiger charge is 2.33. The lowest BCUT2D eigenvalue weighted by Gasteiger charge is -2.12. The lowest BCUT2D eigenvalue weighted by molar-refractivity contribution is -0.718. The van der Waals surface area contributed by atoms with Gasteiger partial charge < -0.3 is 0 Å². The summed E-state index contributed by atoms with van der Waals surface area (Å²) in [5.41, 5.74) is 6.62. The number of aromatic nitrogens is 2. The first-order chi connectivity index (χ1) is 10.7. The minimum Gasteiger partial charge on any atom is -0.298 e. The Bertz CT molecular complexity index is 933. The molecule has 0 amide bonds. The minimum atomic E-state index is 0.699. The van der Waals surface area contributed by atoms with Crippen LogP contribution in [0.25, 0.3) is 5.57 Å². The maximum Gasteiger partial charge on any atom is 0.357 e. The van der Waals surface area contributed by atoms with Gasteiger partial charge in [0.15, 0.2) is 11.6 Å². The SMILES string of the molecule is Cc1ccc2n1C[n+]1c(C)[c+]cc1=C2c1ccc(C=O)cc1. The molecular weight excluding hydrogens is 272 g/mol. The molecule has 22 heavy (non-hydrogen) atoms. The zero-order valence-corrected chi connectivity index (χ0v) is 12.6. The number of aldehydes is 1. The average Bonchev–Trinajstić information content (AvgIpc) is 3.10. The predicted molar refractivity (Wildman–Crippen MR) is 83.4 cm³/mol. The summed E-state index contributed by atoms with van der Waals surface area (Å²) in [6.45, 7) is 5.04. The molecule has 0 saturated heterocycles. The van der Waals surface area contributed by atoms with Gasteiger partial charge in [0.05, 0.1) is 12.6 Å². The van der Waals surface area contributed by atoms with Crippen molar-refractivity contribution >= 4 is 11.9 Å². The van der Waals surface area contributed by atoms with Crippen molar-refractivity contribution in [2.75, 3.05) is 0 Å². The van der Waals surface area contributed by atoms with Crippen LogP contribution in [-0.4, -0.2) is 10.9 Å². The van der Waals surface area contributed by atoms with Crippen LogP contribution in [0.4, 0.5) is 0 Å². The van der Waals surface area contributed by atoms with E-state index in [1.807, 2.05) is 24.3 Å². The van der Waals surface area contributed by atoms with Crippen molar-refractivity contribution in [3.63, 3.8) is 0 Å². The normalized spacial score (nSPS) is 12.7. The number of hydrogen-bond acceptors (Lipinski definition) is 1. The molecular formula is C19H16N2O+2. The first-order valence-corrected chi connectivity index (χ1v) is 7.36. The van der Waals surface area contributed by atoms with E-state index in [9.17, 15) is 4.79 Å². The molecule has 3 aromatic rings. The fourth-order valence-electron chi connectivity index (χ4n) is 3.17. The Balaban J connectivity index is 2.05. The van der Waals surface area contributed by atoms with Gasteiger partial charge in [0, 0.05) is 16.8 Å². The van der Waals surface area contributed by atoms with Crippen LogP contribution in [0.3, 0.4) is 0 Å². The third-order valence-electron chi connectivity index (χ3n) is 4.44. The van der Waals surface area contributed by atoms with E-state index in [0.717, 1.165) is 24.2 Å². The number of nitrogens with zero attached hydrogens (tertiary/aromatic N) is 2. The Labute approximate surface area is 129 Å². The molecule has 4 rings (SSSR count). The zero-order valence-electron chi connectivity index (χ0n) is 12.6. The maximum absolute atomic E-state index is 10.9. The van der Waals surface area contributed by atoms with E-state index in [4.69, 9.17) is 0 Å². The summed E-state index contributed by atoms with van der Waals surface area (Å²) >= 11 is 0. The Hall–Kier alpha value is -2.77. The second-order valence-corrected chi connectivity index (χ2v) is 5.73. The van der Waals surface area contributed by atoms with E-state index in [1.165, 1.54) is 22.3 Å². The molecule has 0 bridgehead atoms. The summed E-state index contributed by atoms with van der Waals surface area (Å²) in [4.78, 5) is 10.9. The number of carbonyl (C=O) groups is 1. The van der Waals surface area contributed by atoms with Crippen LogP contribution in [0.2, 0.25) is 0 Å². The number of aryl methyl sites for hydroxylation is 2. The highest BCUT2D eigenvalue weighted by Crippen LogP contribution is 2.24. The molecule has 1 aliphatic rings. The van der Waals surface area contributed by atoms with Crippen LogP contribution in [0, 0.1) is 19.9 Å². The summed E-state index contributed by atoms with van der Waals surface area (Å²) in [5, 5.41) is 1.18. The molecule has 3 heterocycles. The van der Waals surface area contributed by atoms with Crippen LogP contribution in [0.1, 0.15) is 33.0 Å². The van der Waals surface area contributed by atoms with Gasteiger partial charge in [0.2, 0.25) is 6.07 Å². The van der Waals surface area contributed by atoms with Gasteiger partial charge in [-0.25, -0.2) is 0 Å². The van der Waals surface area contributed by atoms with Crippen molar-refractivity contribution in [2.45, 2.75) is 20.5 Å². The number of hydrogen-bond donors (Lipinski definition) is 0. The Morgan fingerprint density at radius 1 is 1.14 bits per heavy atom. The van der Waals surface area contributed by atoms with Crippen LogP contribution in [-0.2, 0) is 6.67 Å². The minimum absolute atomic E-state index is 0.699. The van der Waals surface area contributed by atoms with Crippen molar-refractivity contribution < 1.29 is 9.36 Å². The molecule has 0 saturated carbocycles. The molecule has 0 spiro atoms. The Morgan fingerprint density at radius 3 is 2.64 bits per heavy atom. The maximum atomic E-state index is 10.9. The van der Waals surface area contributed by atoms with Crippen LogP contribution in [0.5, 0.6) is 0 Å². The van der Waals surface area contributed by atoms with Crippen molar-refractivity contribution in [1.29, 1.82) is 0 Å². The van der Waals surface area contributed by atoms with Crippen LogP contribution < -0.4 is 9.92 Å². The van der Waals surface area contributed by atoms with E-state index in [-0.39, 0.29) is 0 Å². The predicted octanol–water partition coefficient (Wildman–Crippen LogP) is 1.79. The van der Waals surface area contributed by atoms with Crippen LogP contribution >= 0.6 is 0 Å². The van der Waals surface area contributed by atoms with E-state index in [2.05, 4.69) is 47.2 Å². The molecule has 3 nitrogen and oxygen atoms in total.